The molecule has 0 fully saturated rings. The average Bonchev–Trinajstić information content (AvgIpc) is 3.30. The van der Waals surface area contributed by atoms with E-state index in [-0.39, 0.29) is 46.5 Å². The molecule has 0 N–H and O–H groups in total. The summed E-state index contributed by atoms with van der Waals surface area (Å²) in [7, 11) is -0.405. The first-order chi connectivity index (χ1) is 14.1. The van der Waals surface area contributed by atoms with Crippen molar-refractivity contribution >= 4 is 15.9 Å². The van der Waals surface area contributed by atoms with Gasteiger partial charge in [0.15, 0.2) is 5.76 Å². The van der Waals surface area contributed by atoms with Crippen LogP contribution in [0.4, 0.5) is 5.88 Å². The van der Waals surface area contributed by atoms with Gasteiger partial charge in [0.25, 0.3) is 5.89 Å². The maximum atomic E-state index is 13.4. The van der Waals surface area contributed by atoms with Crippen LogP contribution in [0.15, 0.2) is 50.1 Å². The van der Waals surface area contributed by atoms with Gasteiger partial charge in [-0.05, 0) is 26.3 Å². The molecule has 0 aliphatic heterocycles. The number of aryl methyl sites for hydroxylation is 1. The van der Waals surface area contributed by atoms with Crippen molar-refractivity contribution in [2.45, 2.75) is 38.3 Å². The molecule has 2 aromatic heterocycles. The molecular formula is C21H24N4O4S. The van der Waals surface area contributed by atoms with E-state index in [0.717, 1.165) is 5.56 Å². The predicted molar refractivity (Wildman–Crippen MR) is 112 cm³/mol. The van der Waals surface area contributed by atoms with Crippen LogP contribution in [-0.4, -0.2) is 37.8 Å². The van der Waals surface area contributed by atoms with E-state index in [9.17, 15) is 13.7 Å². The van der Waals surface area contributed by atoms with Gasteiger partial charge in [-0.2, -0.15) is 14.6 Å². The highest BCUT2D eigenvalue weighted by Gasteiger charge is 2.32. The normalized spacial score (nSPS) is 11.8. The quantitative estimate of drug-likeness (QED) is 0.564. The Morgan fingerprint density at radius 3 is 2.37 bits per heavy atom. The third-order valence-corrected chi connectivity index (χ3v) is 6.68. The van der Waals surface area contributed by atoms with E-state index in [1.165, 1.54) is 10.4 Å². The fraction of sp³-hybridized carbons (Fsp3) is 0.333. The smallest absolute Gasteiger partial charge is 0.266 e. The second-order valence-electron chi connectivity index (χ2n) is 7.34. The van der Waals surface area contributed by atoms with Crippen molar-refractivity contribution in [2.24, 2.45) is 0 Å². The molecule has 3 aromatic rings. The predicted octanol–water partition coefficient (Wildman–Crippen LogP) is 3.78. The molecule has 0 atom stereocenters. The lowest BCUT2D eigenvalue weighted by Gasteiger charge is -2.25. The Bertz CT molecular complexity index is 1170. The fourth-order valence-corrected chi connectivity index (χ4v) is 4.84. The minimum Gasteiger partial charge on any atom is -0.455 e. The molecule has 0 saturated heterocycles. The van der Waals surface area contributed by atoms with Gasteiger partial charge in [-0.1, -0.05) is 30.3 Å². The third kappa shape index (κ3) is 4.10. The topological polar surface area (TPSA) is 104 Å². The number of hydrogen-bond donors (Lipinski definition) is 0. The number of oxazole rings is 1. The molecule has 0 bridgehead atoms. The Hall–Kier alpha value is -3.09. The largest absolute Gasteiger partial charge is 0.455 e. The van der Waals surface area contributed by atoms with Crippen LogP contribution in [-0.2, 0) is 16.6 Å². The van der Waals surface area contributed by atoms with Gasteiger partial charge < -0.3 is 13.7 Å². The van der Waals surface area contributed by atoms with Crippen LogP contribution < -0.4 is 4.90 Å². The lowest BCUT2D eigenvalue weighted by atomic mass is 10.2. The number of nitrogens with zero attached hydrogens (tertiary/aromatic N) is 4. The summed E-state index contributed by atoms with van der Waals surface area (Å²) in [5.74, 6) is 0.712. The number of nitriles is 1. The van der Waals surface area contributed by atoms with Gasteiger partial charge in [-0.3, -0.25) is 0 Å². The van der Waals surface area contributed by atoms with E-state index in [2.05, 4.69) is 4.98 Å². The molecular weight excluding hydrogens is 404 g/mol. The number of furan rings is 1. The van der Waals surface area contributed by atoms with Crippen LogP contribution in [0.2, 0.25) is 0 Å². The first-order valence-electron chi connectivity index (χ1n) is 9.40. The summed E-state index contributed by atoms with van der Waals surface area (Å²) in [5, 5.41) is 9.26. The molecule has 0 saturated carbocycles. The SMILES string of the molecule is Cc1oc(-c2nc(C#N)c(N(C)C)o2)cc1S(=O)(=O)N(Cc1ccccc1)C(C)C. The minimum absolute atomic E-state index is 0.0465. The molecule has 0 aliphatic rings. The second kappa shape index (κ2) is 8.34. The van der Waals surface area contributed by atoms with Gasteiger partial charge in [-0.15, -0.1) is 0 Å². The Balaban J connectivity index is 2.01. The van der Waals surface area contributed by atoms with Gasteiger partial charge >= 0.3 is 0 Å². The summed E-state index contributed by atoms with van der Waals surface area (Å²) < 4.78 is 39.6. The van der Waals surface area contributed by atoms with Crippen LogP contribution in [0.1, 0.15) is 30.9 Å². The van der Waals surface area contributed by atoms with Crippen molar-refractivity contribution in [3.05, 3.63) is 53.4 Å². The molecule has 1 aromatic carbocycles. The summed E-state index contributed by atoms with van der Waals surface area (Å²) in [4.78, 5) is 5.79. The Kier molecular flexibility index (Phi) is 6.01. The highest BCUT2D eigenvalue weighted by Crippen LogP contribution is 2.33. The monoisotopic (exact) mass is 428 g/mol. The number of sulfonamides is 1. The molecule has 0 radical (unpaired) electrons. The van der Waals surface area contributed by atoms with Crippen LogP contribution >= 0.6 is 0 Å². The molecule has 0 spiro atoms. The van der Waals surface area contributed by atoms with E-state index < -0.39 is 10.0 Å². The Labute approximate surface area is 176 Å². The average molecular weight is 429 g/mol. The molecule has 3 rings (SSSR count). The Morgan fingerprint density at radius 2 is 1.83 bits per heavy atom. The molecule has 0 amide bonds. The molecule has 2 heterocycles. The molecule has 9 heteroatoms. The van der Waals surface area contributed by atoms with Gasteiger partial charge in [0.05, 0.1) is 0 Å². The van der Waals surface area contributed by atoms with E-state index in [1.54, 1.807) is 25.9 Å². The Morgan fingerprint density at radius 1 is 1.17 bits per heavy atom. The van der Waals surface area contributed by atoms with Crippen LogP contribution in [0.3, 0.4) is 0 Å². The number of benzene rings is 1. The zero-order valence-electron chi connectivity index (χ0n) is 17.6. The maximum absolute atomic E-state index is 13.4. The molecule has 8 nitrogen and oxygen atoms in total. The van der Waals surface area contributed by atoms with E-state index in [4.69, 9.17) is 8.83 Å². The van der Waals surface area contributed by atoms with E-state index >= 15 is 0 Å². The third-order valence-electron chi connectivity index (χ3n) is 4.55. The lowest BCUT2D eigenvalue weighted by Crippen LogP contribution is -2.36. The molecule has 158 valence electrons. The second-order valence-corrected chi connectivity index (χ2v) is 9.20. The van der Waals surface area contributed by atoms with Crippen molar-refractivity contribution in [3.63, 3.8) is 0 Å². The van der Waals surface area contributed by atoms with Gasteiger partial charge in [0.2, 0.25) is 21.6 Å². The first-order valence-corrected chi connectivity index (χ1v) is 10.8. The molecule has 30 heavy (non-hydrogen) atoms. The van der Waals surface area contributed by atoms with Gasteiger partial charge in [0, 0.05) is 32.7 Å². The van der Waals surface area contributed by atoms with Crippen molar-refractivity contribution in [3.8, 4) is 17.7 Å². The van der Waals surface area contributed by atoms with Crippen molar-refractivity contribution in [2.75, 3.05) is 19.0 Å². The highest BCUT2D eigenvalue weighted by atomic mass is 32.2. The maximum Gasteiger partial charge on any atom is 0.266 e. The summed E-state index contributed by atoms with van der Waals surface area (Å²) in [6.45, 7) is 5.47. The van der Waals surface area contributed by atoms with E-state index in [0.29, 0.717) is 0 Å². The van der Waals surface area contributed by atoms with Crippen LogP contribution in [0.25, 0.3) is 11.7 Å². The van der Waals surface area contributed by atoms with Crippen molar-refractivity contribution in [1.29, 1.82) is 5.26 Å². The number of anilines is 1. The molecule has 0 unspecified atom stereocenters. The number of hydrogen-bond acceptors (Lipinski definition) is 7. The van der Waals surface area contributed by atoms with E-state index in [1.807, 2.05) is 50.2 Å². The summed E-state index contributed by atoms with van der Waals surface area (Å²) in [6.07, 6.45) is 0. The van der Waals surface area contributed by atoms with Gasteiger partial charge in [-0.25, -0.2) is 8.42 Å². The van der Waals surface area contributed by atoms with Gasteiger partial charge in [0.1, 0.15) is 16.7 Å². The molecule has 0 aliphatic carbocycles. The van der Waals surface area contributed by atoms with Crippen LogP contribution in [0.5, 0.6) is 0 Å². The summed E-state index contributed by atoms with van der Waals surface area (Å²) in [6, 6.07) is 12.5. The fourth-order valence-electron chi connectivity index (χ4n) is 3.06. The number of rotatable bonds is 7. The number of aromatic nitrogens is 1. The van der Waals surface area contributed by atoms with Crippen molar-refractivity contribution < 1.29 is 17.3 Å². The van der Waals surface area contributed by atoms with Crippen molar-refractivity contribution in [1.82, 2.24) is 9.29 Å². The zero-order chi connectivity index (χ0) is 22.1. The zero-order valence-corrected chi connectivity index (χ0v) is 18.4. The minimum atomic E-state index is -3.85. The lowest BCUT2D eigenvalue weighted by molar-refractivity contribution is 0.347. The summed E-state index contributed by atoms with van der Waals surface area (Å²) >= 11 is 0. The summed E-state index contributed by atoms with van der Waals surface area (Å²) in [5.41, 5.74) is 0.986. The first kappa shape index (κ1) is 21.6. The standard InChI is InChI=1S/C21H24N4O4S/c1-14(2)25(13-16-9-7-6-8-10-16)30(26,27)19-11-18(28-15(19)3)20-23-17(12-22)21(29-20)24(4)5/h6-11,14H,13H2,1-5H3. The van der Waals surface area contributed by atoms with Crippen LogP contribution in [0, 0.1) is 18.3 Å². The highest BCUT2D eigenvalue weighted by molar-refractivity contribution is 7.89.